The van der Waals surface area contributed by atoms with Crippen LogP contribution in [0.4, 0.5) is 5.69 Å². The zero-order chi connectivity index (χ0) is 14.9. The van der Waals surface area contributed by atoms with Crippen LogP contribution in [0.5, 0.6) is 5.75 Å². The number of benzene rings is 2. The van der Waals surface area contributed by atoms with Crippen molar-refractivity contribution in [2.24, 2.45) is 0 Å². The summed E-state index contributed by atoms with van der Waals surface area (Å²) in [5, 5.41) is 14.2. The largest absolute Gasteiger partial charge is 0.507 e. The second-order valence-electron chi connectivity index (χ2n) is 6.75. The number of hydrogen-bond donors (Lipinski definition) is 2. The highest BCUT2D eigenvalue weighted by Crippen LogP contribution is 2.58. The predicted molar refractivity (Wildman–Crippen MR) is 86.2 cm³/mol. The van der Waals surface area contributed by atoms with Crippen molar-refractivity contribution in [3.63, 3.8) is 0 Å². The predicted octanol–water partition coefficient (Wildman–Crippen LogP) is 4.30. The lowest BCUT2D eigenvalue weighted by molar-refractivity contribution is 0.460. The van der Waals surface area contributed by atoms with E-state index >= 15 is 0 Å². The van der Waals surface area contributed by atoms with Crippen molar-refractivity contribution < 1.29 is 5.11 Å². The molecule has 2 aliphatic rings. The zero-order valence-corrected chi connectivity index (χ0v) is 13.0. The molecular formula is C19H21NO. The van der Waals surface area contributed by atoms with Gasteiger partial charge >= 0.3 is 0 Å². The number of nitrogens with one attached hydrogen (secondary N) is 1. The number of aromatic hydroxyl groups is 1. The molecule has 0 saturated carbocycles. The molecule has 0 bridgehead atoms. The maximum absolute atomic E-state index is 10.4. The summed E-state index contributed by atoms with van der Waals surface area (Å²) in [6.45, 7) is 8.46. The van der Waals surface area contributed by atoms with Gasteiger partial charge in [0.15, 0.2) is 0 Å². The third kappa shape index (κ3) is 1.38. The van der Waals surface area contributed by atoms with E-state index in [2.05, 4.69) is 50.4 Å². The molecule has 2 atom stereocenters. The Kier molecular flexibility index (Phi) is 2.32. The number of anilines is 1. The molecule has 2 heteroatoms. The van der Waals surface area contributed by atoms with Gasteiger partial charge in [-0.25, -0.2) is 0 Å². The molecule has 4 rings (SSSR count). The van der Waals surface area contributed by atoms with Gasteiger partial charge in [0.1, 0.15) is 5.75 Å². The minimum Gasteiger partial charge on any atom is -0.507 e. The summed E-state index contributed by atoms with van der Waals surface area (Å²) >= 11 is 0. The van der Waals surface area contributed by atoms with E-state index in [4.69, 9.17) is 0 Å². The molecule has 0 fully saturated rings. The van der Waals surface area contributed by atoms with Crippen molar-refractivity contribution in [3.05, 3.63) is 57.6 Å². The molecule has 21 heavy (non-hydrogen) atoms. The molecule has 0 amide bonds. The lowest BCUT2D eigenvalue weighted by Gasteiger charge is -2.27. The first-order valence-corrected chi connectivity index (χ1v) is 7.64. The van der Waals surface area contributed by atoms with Crippen LogP contribution in [0.25, 0.3) is 0 Å². The summed E-state index contributed by atoms with van der Waals surface area (Å²) in [6, 6.07) is 8.72. The van der Waals surface area contributed by atoms with Crippen molar-refractivity contribution in [2.75, 3.05) is 5.32 Å². The smallest absolute Gasteiger partial charge is 0.122 e. The van der Waals surface area contributed by atoms with Crippen LogP contribution in [0, 0.1) is 20.8 Å². The van der Waals surface area contributed by atoms with Gasteiger partial charge in [0.05, 0.1) is 5.54 Å². The van der Waals surface area contributed by atoms with Gasteiger partial charge in [-0.3, -0.25) is 0 Å². The fourth-order valence-electron chi connectivity index (χ4n) is 4.38. The SMILES string of the molecule is Cc1c(C)c2c(c(C)c1O)[C@@H]1Cc3ccccc3[C@]1(C)N2. The summed E-state index contributed by atoms with van der Waals surface area (Å²) < 4.78 is 0. The van der Waals surface area contributed by atoms with E-state index in [1.807, 2.05) is 6.92 Å². The van der Waals surface area contributed by atoms with E-state index in [9.17, 15) is 5.11 Å². The van der Waals surface area contributed by atoms with Crippen LogP contribution in [0.15, 0.2) is 24.3 Å². The van der Waals surface area contributed by atoms with Gasteiger partial charge in [0.2, 0.25) is 0 Å². The lowest BCUT2D eigenvalue weighted by Crippen LogP contribution is -2.29. The van der Waals surface area contributed by atoms with Gasteiger partial charge < -0.3 is 10.4 Å². The number of hydrogen-bond acceptors (Lipinski definition) is 2. The fraction of sp³-hybridized carbons (Fsp3) is 0.368. The normalized spacial score (nSPS) is 25.2. The maximum Gasteiger partial charge on any atom is 0.122 e. The van der Waals surface area contributed by atoms with E-state index in [0.717, 1.165) is 17.5 Å². The van der Waals surface area contributed by atoms with Crippen LogP contribution >= 0.6 is 0 Å². The average molecular weight is 279 g/mol. The van der Waals surface area contributed by atoms with E-state index in [-0.39, 0.29) is 5.54 Å². The highest BCUT2D eigenvalue weighted by Gasteiger charge is 2.50. The number of phenols is 1. The Bertz CT molecular complexity index is 778. The molecule has 1 aliphatic carbocycles. The van der Waals surface area contributed by atoms with Gasteiger partial charge in [-0.2, -0.15) is 0 Å². The van der Waals surface area contributed by atoms with Crippen LogP contribution in [-0.2, 0) is 12.0 Å². The minimum atomic E-state index is -0.0469. The summed E-state index contributed by atoms with van der Waals surface area (Å²) in [4.78, 5) is 0. The molecule has 0 radical (unpaired) electrons. The van der Waals surface area contributed by atoms with E-state index in [1.54, 1.807) is 0 Å². The molecule has 2 nitrogen and oxygen atoms in total. The van der Waals surface area contributed by atoms with Gasteiger partial charge in [0.25, 0.3) is 0 Å². The van der Waals surface area contributed by atoms with Crippen LogP contribution in [0.1, 0.15) is 46.2 Å². The highest BCUT2D eigenvalue weighted by atomic mass is 16.3. The first-order chi connectivity index (χ1) is 9.95. The third-order valence-corrected chi connectivity index (χ3v) is 5.75. The van der Waals surface area contributed by atoms with Crippen molar-refractivity contribution in [2.45, 2.75) is 45.6 Å². The van der Waals surface area contributed by atoms with Crippen LogP contribution in [0.2, 0.25) is 0 Å². The standard InChI is InChI=1S/C19H21NO/c1-10-11(2)18(21)12(3)16-15-9-13-7-5-6-8-14(13)19(15,4)20-17(10)16/h5-8,15,20-21H,9H2,1-4H3/t15-,19-/m0/s1. The van der Waals surface area contributed by atoms with Gasteiger partial charge in [-0.15, -0.1) is 0 Å². The second kappa shape index (κ2) is 3.82. The molecule has 1 aliphatic heterocycles. The average Bonchev–Trinajstić information content (AvgIpc) is 2.92. The molecule has 1 heterocycles. The quantitative estimate of drug-likeness (QED) is 0.705. The Morgan fingerprint density at radius 1 is 1.10 bits per heavy atom. The Labute approximate surface area is 125 Å². The van der Waals surface area contributed by atoms with Crippen LogP contribution in [0.3, 0.4) is 0 Å². The summed E-state index contributed by atoms with van der Waals surface area (Å²) in [5.74, 6) is 0.878. The third-order valence-electron chi connectivity index (χ3n) is 5.75. The first kappa shape index (κ1) is 12.8. The highest BCUT2D eigenvalue weighted by molar-refractivity contribution is 5.75. The Morgan fingerprint density at radius 2 is 1.81 bits per heavy atom. The van der Waals surface area contributed by atoms with E-state index in [0.29, 0.717) is 11.7 Å². The van der Waals surface area contributed by atoms with Crippen LogP contribution in [-0.4, -0.2) is 5.11 Å². The fourth-order valence-corrected chi connectivity index (χ4v) is 4.38. The zero-order valence-electron chi connectivity index (χ0n) is 13.0. The Balaban J connectivity index is 1.99. The van der Waals surface area contributed by atoms with E-state index in [1.165, 1.54) is 27.9 Å². The molecule has 0 spiro atoms. The number of fused-ring (bicyclic) bond motifs is 5. The molecule has 108 valence electrons. The second-order valence-corrected chi connectivity index (χ2v) is 6.75. The molecule has 0 unspecified atom stereocenters. The summed E-state index contributed by atoms with van der Waals surface area (Å²) in [7, 11) is 0. The number of rotatable bonds is 0. The minimum absolute atomic E-state index is 0.0469. The molecule has 0 saturated heterocycles. The Hall–Kier alpha value is -1.96. The van der Waals surface area contributed by atoms with Crippen LogP contribution < -0.4 is 5.32 Å². The Morgan fingerprint density at radius 3 is 2.57 bits per heavy atom. The van der Waals surface area contributed by atoms with Crippen molar-refractivity contribution in [1.82, 2.24) is 0 Å². The van der Waals surface area contributed by atoms with Crippen molar-refractivity contribution in [3.8, 4) is 5.75 Å². The maximum atomic E-state index is 10.4. The molecule has 0 aromatic heterocycles. The van der Waals surface area contributed by atoms with Gasteiger partial charge in [-0.1, -0.05) is 24.3 Å². The molecule has 2 aromatic carbocycles. The summed E-state index contributed by atoms with van der Waals surface area (Å²) in [5.41, 5.74) is 8.56. The molecular weight excluding hydrogens is 258 g/mol. The van der Waals surface area contributed by atoms with Gasteiger partial charge in [0, 0.05) is 11.6 Å². The number of phenolic OH excluding ortho intramolecular Hbond substituents is 1. The monoisotopic (exact) mass is 279 g/mol. The van der Waals surface area contributed by atoms with Crippen molar-refractivity contribution in [1.29, 1.82) is 0 Å². The molecule has 2 aromatic rings. The van der Waals surface area contributed by atoms with Gasteiger partial charge in [-0.05, 0) is 67.5 Å². The first-order valence-electron chi connectivity index (χ1n) is 7.64. The topological polar surface area (TPSA) is 32.3 Å². The lowest BCUT2D eigenvalue weighted by atomic mass is 9.82. The molecule has 2 N–H and O–H groups in total. The summed E-state index contributed by atoms with van der Waals surface area (Å²) in [6.07, 6.45) is 1.05. The van der Waals surface area contributed by atoms with E-state index < -0.39 is 0 Å². The van der Waals surface area contributed by atoms with Crippen molar-refractivity contribution >= 4 is 5.69 Å².